The summed E-state index contributed by atoms with van der Waals surface area (Å²) < 4.78 is 32.2. The van der Waals surface area contributed by atoms with Gasteiger partial charge in [-0.1, -0.05) is 29.8 Å². The van der Waals surface area contributed by atoms with Gasteiger partial charge in [-0.25, -0.2) is 8.42 Å². The molecule has 1 aliphatic heterocycles. The molecule has 0 aromatic heterocycles. The molecule has 0 unspecified atom stereocenters. The molecule has 156 valence electrons. The van der Waals surface area contributed by atoms with Gasteiger partial charge >= 0.3 is 0 Å². The molecule has 0 radical (unpaired) electrons. The molecular formula is C22H28N2O4S. The number of nitrogens with zero attached hydrogens (tertiary/aromatic N) is 1. The van der Waals surface area contributed by atoms with E-state index in [1.807, 2.05) is 31.2 Å². The van der Waals surface area contributed by atoms with Crippen molar-refractivity contribution in [1.82, 2.24) is 9.62 Å². The number of sulfonamides is 1. The topological polar surface area (TPSA) is 75.7 Å². The average Bonchev–Trinajstić information content (AvgIpc) is 3.27. The number of amides is 1. The Labute approximate surface area is 172 Å². The van der Waals surface area contributed by atoms with E-state index in [9.17, 15) is 13.2 Å². The molecule has 0 saturated carbocycles. The Hall–Kier alpha value is -2.38. The number of benzene rings is 2. The van der Waals surface area contributed by atoms with E-state index in [4.69, 9.17) is 4.74 Å². The van der Waals surface area contributed by atoms with Crippen LogP contribution in [0.2, 0.25) is 0 Å². The second-order valence-corrected chi connectivity index (χ2v) is 9.20. The summed E-state index contributed by atoms with van der Waals surface area (Å²) in [6.07, 6.45) is 2.75. The monoisotopic (exact) mass is 416 g/mol. The number of ether oxygens (including phenoxy) is 1. The van der Waals surface area contributed by atoms with Crippen LogP contribution in [-0.4, -0.2) is 44.9 Å². The third kappa shape index (κ3) is 6.05. The number of rotatable bonds is 9. The zero-order chi connectivity index (χ0) is 20.7. The van der Waals surface area contributed by atoms with Gasteiger partial charge in [-0.2, -0.15) is 4.31 Å². The van der Waals surface area contributed by atoms with Crippen molar-refractivity contribution in [1.29, 1.82) is 0 Å². The molecule has 1 heterocycles. The molecule has 2 aromatic carbocycles. The first-order chi connectivity index (χ1) is 13.9. The predicted octanol–water partition coefficient (Wildman–Crippen LogP) is 2.91. The van der Waals surface area contributed by atoms with Gasteiger partial charge in [0.15, 0.2) is 0 Å². The Morgan fingerprint density at radius 2 is 1.69 bits per heavy atom. The molecule has 0 aliphatic carbocycles. The Kier molecular flexibility index (Phi) is 7.28. The lowest BCUT2D eigenvalue weighted by atomic mass is 10.1. The highest BCUT2D eigenvalue weighted by atomic mass is 32.2. The third-order valence-corrected chi connectivity index (χ3v) is 6.89. The molecule has 0 bridgehead atoms. The Balaban J connectivity index is 1.39. The molecule has 1 aliphatic rings. The molecule has 1 N–H and O–H groups in total. The van der Waals surface area contributed by atoms with Crippen LogP contribution in [0.15, 0.2) is 53.4 Å². The van der Waals surface area contributed by atoms with E-state index in [-0.39, 0.29) is 5.91 Å². The van der Waals surface area contributed by atoms with Crippen LogP contribution in [0.25, 0.3) is 0 Å². The van der Waals surface area contributed by atoms with Gasteiger partial charge in [-0.3, -0.25) is 4.79 Å². The Morgan fingerprint density at radius 3 is 2.34 bits per heavy atom. The largest absolute Gasteiger partial charge is 0.492 e. The van der Waals surface area contributed by atoms with E-state index in [1.54, 1.807) is 24.3 Å². The smallest absolute Gasteiger partial charge is 0.243 e. The molecule has 0 spiro atoms. The van der Waals surface area contributed by atoms with E-state index in [0.29, 0.717) is 44.0 Å². The number of hydrogen-bond donors (Lipinski definition) is 1. The van der Waals surface area contributed by atoms with Crippen molar-refractivity contribution in [2.75, 3.05) is 26.2 Å². The van der Waals surface area contributed by atoms with E-state index < -0.39 is 10.0 Å². The lowest BCUT2D eigenvalue weighted by Gasteiger charge is -2.15. The molecule has 3 rings (SSSR count). The number of aryl methyl sites for hydroxylation is 2. The Bertz CT molecular complexity index is 903. The fraction of sp³-hybridized carbons (Fsp3) is 0.409. The van der Waals surface area contributed by atoms with Crippen LogP contribution in [0.4, 0.5) is 0 Å². The van der Waals surface area contributed by atoms with Crippen LogP contribution in [0, 0.1) is 6.92 Å². The molecule has 7 heteroatoms. The van der Waals surface area contributed by atoms with E-state index in [1.165, 1.54) is 9.87 Å². The average molecular weight is 417 g/mol. The van der Waals surface area contributed by atoms with Crippen molar-refractivity contribution >= 4 is 15.9 Å². The maximum atomic E-state index is 12.5. The van der Waals surface area contributed by atoms with Gasteiger partial charge in [0.2, 0.25) is 15.9 Å². The maximum Gasteiger partial charge on any atom is 0.243 e. The number of carbonyl (C=O) groups excluding carboxylic acids is 1. The summed E-state index contributed by atoms with van der Waals surface area (Å²) in [6.45, 7) is 4.07. The van der Waals surface area contributed by atoms with E-state index in [2.05, 4.69) is 5.32 Å². The fourth-order valence-corrected chi connectivity index (χ4v) is 4.76. The van der Waals surface area contributed by atoms with Gasteiger partial charge in [0.05, 0.1) is 11.4 Å². The SMILES string of the molecule is Cc1ccc(OCCNC(=O)CCc2ccc(S(=O)(=O)N3CCCC3)cc2)cc1. The van der Waals surface area contributed by atoms with Gasteiger partial charge in [-0.15, -0.1) is 0 Å². The second-order valence-electron chi connectivity index (χ2n) is 7.27. The highest BCUT2D eigenvalue weighted by Crippen LogP contribution is 2.21. The summed E-state index contributed by atoms with van der Waals surface area (Å²) in [7, 11) is -3.39. The first kappa shape index (κ1) is 21.3. The lowest BCUT2D eigenvalue weighted by molar-refractivity contribution is -0.121. The first-order valence-corrected chi connectivity index (χ1v) is 11.4. The van der Waals surface area contributed by atoms with Crippen molar-refractivity contribution in [3.63, 3.8) is 0 Å². The summed E-state index contributed by atoms with van der Waals surface area (Å²) in [4.78, 5) is 12.3. The second kappa shape index (κ2) is 9.89. The minimum atomic E-state index is -3.39. The van der Waals surface area contributed by atoms with Crippen LogP contribution in [0.3, 0.4) is 0 Å². The van der Waals surface area contributed by atoms with Crippen molar-refractivity contribution in [3.8, 4) is 5.75 Å². The fourth-order valence-electron chi connectivity index (χ4n) is 3.25. The Morgan fingerprint density at radius 1 is 1.03 bits per heavy atom. The molecule has 1 amide bonds. The molecular weight excluding hydrogens is 388 g/mol. The standard InChI is InChI=1S/C22H28N2O4S/c1-18-4-9-20(10-5-18)28-17-14-23-22(25)13-8-19-6-11-21(12-7-19)29(26,27)24-15-2-3-16-24/h4-7,9-12H,2-3,8,13-17H2,1H3,(H,23,25). The van der Waals surface area contributed by atoms with Crippen molar-refractivity contribution < 1.29 is 17.9 Å². The van der Waals surface area contributed by atoms with Crippen molar-refractivity contribution in [2.45, 2.75) is 37.5 Å². The van der Waals surface area contributed by atoms with Crippen LogP contribution >= 0.6 is 0 Å². The highest BCUT2D eigenvalue weighted by molar-refractivity contribution is 7.89. The van der Waals surface area contributed by atoms with Gasteiger partial charge in [0.25, 0.3) is 0 Å². The number of carbonyl (C=O) groups is 1. The van der Waals surface area contributed by atoms with Gasteiger partial charge in [-0.05, 0) is 56.0 Å². The summed E-state index contributed by atoms with van der Waals surface area (Å²) in [5.74, 6) is 0.736. The van der Waals surface area contributed by atoms with Crippen molar-refractivity contribution in [2.24, 2.45) is 0 Å². The quantitative estimate of drug-likeness (QED) is 0.638. The number of hydrogen-bond acceptors (Lipinski definition) is 4. The summed E-state index contributed by atoms with van der Waals surface area (Å²) >= 11 is 0. The van der Waals surface area contributed by atoms with Crippen LogP contribution < -0.4 is 10.1 Å². The van der Waals surface area contributed by atoms with Gasteiger partial charge < -0.3 is 10.1 Å². The zero-order valence-corrected chi connectivity index (χ0v) is 17.6. The minimum absolute atomic E-state index is 0.0497. The molecule has 0 atom stereocenters. The minimum Gasteiger partial charge on any atom is -0.492 e. The van der Waals surface area contributed by atoms with Gasteiger partial charge in [0.1, 0.15) is 12.4 Å². The highest BCUT2D eigenvalue weighted by Gasteiger charge is 2.26. The van der Waals surface area contributed by atoms with Gasteiger partial charge in [0, 0.05) is 19.5 Å². The summed E-state index contributed by atoms with van der Waals surface area (Å²) in [5.41, 5.74) is 2.11. The summed E-state index contributed by atoms with van der Waals surface area (Å²) in [6, 6.07) is 14.6. The molecule has 2 aromatic rings. The van der Waals surface area contributed by atoms with Crippen LogP contribution in [0.1, 0.15) is 30.4 Å². The lowest BCUT2D eigenvalue weighted by Crippen LogP contribution is -2.28. The van der Waals surface area contributed by atoms with E-state index in [0.717, 1.165) is 24.2 Å². The van der Waals surface area contributed by atoms with E-state index >= 15 is 0 Å². The normalized spacial score (nSPS) is 14.7. The predicted molar refractivity (Wildman–Crippen MR) is 112 cm³/mol. The molecule has 1 saturated heterocycles. The third-order valence-electron chi connectivity index (χ3n) is 4.98. The van der Waals surface area contributed by atoms with Crippen LogP contribution in [0.5, 0.6) is 5.75 Å². The maximum absolute atomic E-state index is 12.5. The summed E-state index contributed by atoms with van der Waals surface area (Å²) in [5, 5.41) is 2.84. The zero-order valence-electron chi connectivity index (χ0n) is 16.8. The molecule has 29 heavy (non-hydrogen) atoms. The number of nitrogens with one attached hydrogen (secondary N) is 1. The van der Waals surface area contributed by atoms with Crippen LogP contribution in [-0.2, 0) is 21.2 Å². The molecule has 6 nitrogen and oxygen atoms in total. The molecule has 1 fully saturated rings. The first-order valence-electron chi connectivity index (χ1n) is 10.0. The van der Waals surface area contributed by atoms with Crippen molar-refractivity contribution in [3.05, 3.63) is 59.7 Å².